The number of benzene rings is 1. The largest absolute Gasteiger partial charge is 0.355 e. The Morgan fingerprint density at radius 2 is 2.12 bits per heavy atom. The molecular weight excluding hydrogens is 240 g/mol. The van der Waals surface area contributed by atoms with Gasteiger partial charge in [0.05, 0.1) is 11.9 Å². The van der Waals surface area contributed by atoms with Crippen LogP contribution in [0.15, 0.2) is 18.2 Å². The standard InChI is InChI=1S/C11H14N2O3S/c1-12-11(14)9-4-3-8-5-6-13(10(8)7-9)17(2,15)16/h3-4,7H,5-6H2,1-2H3,(H,12,14). The number of amides is 1. The number of carbonyl (C=O) groups excluding carboxylic acids is 1. The summed E-state index contributed by atoms with van der Waals surface area (Å²) in [6, 6.07) is 5.15. The molecule has 0 aromatic heterocycles. The van der Waals surface area contributed by atoms with Gasteiger partial charge >= 0.3 is 0 Å². The average molecular weight is 254 g/mol. The molecule has 0 unspecified atom stereocenters. The van der Waals surface area contributed by atoms with E-state index in [9.17, 15) is 13.2 Å². The van der Waals surface area contributed by atoms with Crippen molar-refractivity contribution in [2.24, 2.45) is 0 Å². The number of rotatable bonds is 2. The number of hydrogen-bond acceptors (Lipinski definition) is 3. The van der Waals surface area contributed by atoms with Crippen LogP contribution in [0.1, 0.15) is 15.9 Å². The van der Waals surface area contributed by atoms with Crippen LogP contribution in [0.3, 0.4) is 0 Å². The lowest BCUT2D eigenvalue weighted by atomic mass is 10.1. The minimum atomic E-state index is -3.26. The summed E-state index contributed by atoms with van der Waals surface area (Å²) in [5.41, 5.74) is 2.05. The molecule has 1 N–H and O–H groups in total. The van der Waals surface area contributed by atoms with E-state index in [1.165, 1.54) is 10.6 Å². The second-order valence-electron chi connectivity index (χ2n) is 4.01. The Hall–Kier alpha value is -1.56. The van der Waals surface area contributed by atoms with Gasteiger partial charge in [-0.15, -0.1) is 0 Å². The summed E-state index contributed by atoms with van der Waals surface area (Å²) in [6.07, 6.45) is 1.87. The Balaban J connectivity index is 2.48. The second kappa shape index (κ2) is 4.03. The molecule has 0 bridgehead atoms. The van der Waals surface area contributed by atoms with Crippen molar-refractivity contribution in [3.05, 3.63) is 29.3 Å². The Labute approximate surface area is 100 Å². The van der Waals surface area contributed by atoms with Gasteiger partial charge in [-0.3, -0.25) is 9.10 Å². The van der Waals surface area contributed by atoms with E-state index >= 15 is 0 Å². The van der Waals surface area contributed by atoms with E-state index in [1.807, 2.05) is 6.07 Å². The van der Waals surface area contributed by atoms with Gasteiger partial charge in [0.25, 0.3) is 5.91 Å². The zero-order valence-corrected chi connectivity index (χ0v) is 10.5. The first-order valence-corrected chi connectivity index (χ1v) is 7.11. The molecule has 0 aliphatic carbocycles. The van der Waals surface area contributed by atoms with E-state index in [0.29, 0.717) is 24.2 Å². The summed E-state index contributed by atoms with van der Waals surface area (Å²) < 4.78 is 24.5. The Morgan fingerprint density at radius 1 is 1.41 bits per heavy atom. The molecule has 0 atom stereocenters. The lowest BCUT2D eigenvalue weighted by Crippen LogP contribution is -2.28. The van der Waals surface area contributed by atoms with Crippen LogP contribution in [0.4, 0.5) is 5.69 Å². The van der Waals surface area contributed by atoms with E-state index < -0.39 is 10.0 Å². The molecule has 0 saturated heterocycles. The van der Waals surface area contributed by atoms with Gasteiger partial charge in [0.15, 0.2) is 0 Å². The van der Waals surface area contributed by atoms with Crippen molar-refractivity contribution in [1.82, 2.24) is 5.32 Å². The molecule has 0 spiro atoms. The zero-order chi connectivity index (χ0) is 12.6. The van der Waals surface area contributed by atoms with Crippen molar-refractivity contribution in [2.75, 3.05) is 24.2 Å². The summed E-state index contributed by atoms with van der Waals surface area (Å²) in [7, 11) is -1.72. The monoisotopic (exact) mass is 254 g/mol. The second-order valence-corrected chi connectivity index (χ2v) is 5.91. The van der Waals surface area contributed by atoms with E-state index in [0.717, 1.165) is 5.56 Å². The van der Waals surface area contributed by atoms with E-state index in [4.69, 9.17) is 0 Å². The molecule has 0 saturated carbocycles. The van der Waals surface area contributed by atoms with Crippen LogP contribution in [0.5, 0.6) is 0 Å². The predicted molar refractivity (Wildman–Crippen MR) is 65.7 cm³/mol. The molecule has 1 aromatic rings. The molecule has 0 radical (unpaired) electrons. The number of carbonyl (C=O) groups is 1. The van der Waals surface area contributed by atoms with Crippen molar-refractivity contribution in [3.63, 3.8) is 0 Å². The lowest BCUT2D eigenvalue weighted by Gasteiger charge is -2.16. The highest BCUT2D eigenvalue weighted by atomic mass is 32.2. The summed E-state index contributed by atoms with van der Waals surface area (Å²) in [5, 5.41) is 2.52. The fraction of sp³-hybridized carbons (Fsp3) is 0.364. The summed E-state index contributed by atoms with van der Waals surface area (Å²) in [4.78, 5) is 11.5. The van der Waals surface area contributed by atoms with Crippen LogP contribution in [-0.2, 0) is 16.4 Å². The first kappa shape index (κ1) is 11.9. The number of nitrogens with zero attached hydrogens (tertiary/aromatic N) is 1. The average Bonchev–Trinajstić information content (AvgIpc) is 2.70. The summed E-state index contributed by atoms with van der Waals surface area (Å²) in [5.74, 6) is -0.215. The molecule has 17 heavy (non-hydrogen) atoms. The highest BCUT2D eigenvalue weighted by molar-refractivity contribution is 7.92. The van der Waals surface area contributed by atoms with Crippen LogP contribution in [0.2, 0.25) is 0 Å². The fourth-order valence-electron chi connectivity index (χ4n) is 1.98. The van der Waals surface area contributed by atoms with Gasteiger partial charge in [0.1, 0.15) is 0 Å². The third kappa shape index (κ3) is 2.12. The normalized spacial score (nSPS) is 14.6. The quantitative estimate of drug-likeness (QED) is 0.829. The number of hydrogen-bond donors (Lipinski definition) is 1. The molecule has 2 rings (SSSR count). The van der Waals surface area contributed by atoms with Crippen molar-refractivity contribution < 1.29 is 13.2 Å². The highest BCUT2D eigenvalue weighted by Gasteiger charge is 2.26. The van der Waals surface area contributed by atoms with Gasteiger partial charge in [-0.2, -0.15) is 0 Å². The van der Waals surface area contributed by atoms with Gasteiger partial charge in [-0.1, -0.05) is 6.07 Å². The van der Waals surface area contributed by atoms with Crippen LogP contribution in [0.25, 0.3) is 0 Å². The SMILES string of the molecule is CNC(=O)c1ccc2c(c1)N(S(C)(=O)=O)CC2. The van der Waals surface area contributed by atoms with Gasteiger partial charge < -0.3 is 5.32 Å². The molecule has 1 heterocycles. The third-order valence-electron chi connectivity index (χ3n) is 2.83. The zero-order valence-electron chi connectivity index (χ0n) is 9.73. The smallest absolute Gasteiger partial charge is 0.251 e. The van der Waals surface area contributed by atoms with Crippen LogP contribution >= 0.6 is 0 Å². The fourth-order valence-corrected chi connectivity index (χ4v) is 2.93. The molecule has 1 aliphatic rings. The number of nitrogens with one attached hydrogen (secondary N) is 1. The summed E-state index contributed by atoms with van der Waals surface area (Å²) in [6.45, 7) is 0.450. The highest BCUT2D eigenvalue weighted by Crippen LogP contribution is 2.30. The molecule has 6 heteroatoms. The van der Waals surface area contributed by atoms with Gasteiger partial charge in [-0.25, -0.2) is 8.42 Å². The molecular formula is C11H14N2O3S. The Kier molecular flexibility index (Phi) is 2.82. The molecule has 1 aliphatic heterocycles. The summed E-state index contributed by atoms with van der Waals surface area (Å²) >= 11 is 0. The molecule has 92 valence electrons. The number of anilines is 1. The maximum absolute atomic E-state index is 11.6. The minimum absolute atomic E-state index is 0.215. The van der Waals surface area contributed by atoms with Crippen molar-refractivity contribution >= 4 is 21.6 Å². The lowest BCUT2D eigenvalue weighted by molar-refractivity contribution is 0.0963. The maximum Gasteiger partial charge on any atom is 0.251 e. The first-order chi connectivity index (χ1) is 7.93. The van der Waals surface area contributed by atoms with Crippen LogP contribution in [0, 0.1) is 0 Å². The van der Waals surface area contributed by atoms with Crippen LogP contribution in [-0.4, -0.2) is 34.2 Å². The van der Waals surface area contributed by atoms with E-state index in [2.05, 4.69) is 5.32 Å². The first-order valence-electron chi connectivity index (χ1n) is 5.26. The predicted octanol–water partition coefficient (Wildman–Crippen LogP) is 0.368. The topological polar surface area (TPSA) is 66.5 Å². The van der Waals surface area contributed by atoms with E-state index in [1.54, 1.807) is 19.2 Å². The minimum Gasteiger partial charge on any atom is -0.355 e. The molecule has 5 nitrogen and oxygen atoms in total. The van der Waals surface area contributed by atoms with Crippen molar-refractivity contribution in [3.8, 4) is 0 Å². The van der Waals surface area contributed by atoms with Gasteiger partial charge in [0, 0.05) is 19.2 Å². The Morgan fingerprint density at radius 3 is 2.71 bits per heavy atom. The molecule has 1 amide bonds. The molecule has 1 aromatic carbocycles. The number of fused-ring (bicyclic) bond motifs is 1. The third-order valence-corrected chi connectivity index (χ3v) is 4.01. The maximum atomic E-state index is 11.6. The van der Waals surface area contributed by atoms with Gasteiger partial charge in [0.2, 0.25) is 10.0 Å². The van der Waals surface area contributed by atoms with E-state index in [-0.39, 0.29) is 5.91 Å². The van der Waals surface area contributed by atoms with Crippen molar-refractivity contribution in [1.29, 1.82) is 0 Å². The van der Waals surface area contributed by atoms with Crippen molar-refractivity contribution in [2.45, 2.75) is 6.42 Å². The number of sulfonamides is 1. The molecule has 0 fully saturated rings. The van der Waals surface area contributed by atoms with Gasteiger partial charge in [-0.05, 0) is 24.1 Å². The van der Waals surface area contributed by atoms with Crippen LogP contribution < -0.4 is 9.62 Å². The Bertz CT molecular complexity index is 566.